The van der Waals surface area contributed by atoms with E-state index < -0.39 is 0 Å². The normalized spacial score (nSPS) is 26.1. The van der Waals surface area contributed by atoms with Gasteiger partial charge in [0.15, 0.2) is 0 Å². The summed E-state index contributed by atoms with van der Waals surface area (Å²) >= 11 is 0. The molecule has 1 amide bonds. The number of rotatable bonds is 3. The largest absolute Gasteiger partial charge is 0.333 e. The molecule has 2 aromatic rings. The molecule has 3 unspecified atom stereocenters. The number of hydrogen-bond acceptors (Lipinski definition) is 5. The number of nitrogens with zero attached hydrogens (tertiary/aromatic N) is 3. The monoisotopic (exact) mass is 341 g/mol. The average Bonchev–Trinajstić information content (AvgIpc) is 3.31. The van der Waals surface area contributed by atoms with Crippen molar-refractivity contribution >= 4 is 5.91 Å². The minimum absolute atomic E-state index is 0.00545. The van der Waals surface area contributed by atoms with Gasteiger partial charge < -0.3 is 4.90 Å². The van der Waals surface area contributed by atoms with E-state index >= 15 is 0 Å². The second-order valence-electron chi connectivity index (χ2n) is 6.48. The molecule has 1 aromatic heterocycles. The smallest absolute Gasteiger partial charge is 0.274 e. The van der Waals surface area contributed by atoms with E-state index in [9.17, 15) is 9.18 Å². The molecule has 25 heavy (non-hydrogen) atoms. The van der Waals surface area contributed by atoms with E-state index in [-0.39, 0.29) is 29.7 Å². The first-order valence-corrected chi connectivity index (χ1v) is 8.55. The number of hydrogen-bond donors (Lipinski definition) is 2. The van der Waals surface area contributed by atoms with Gasteiger partial charge in [-0.15, -0.1) is 0 Å². The average molecular weight is 341 g/mol. The molecule has 3 atom stereocenters. The third kappa shape index (κ3) is 3.01. The van der Waals surface area contributed by atoms with Crippen molar-refractivity contribution in [2.24, 2.45) is 0 Å². The first-order valence-electron chi connectivity index (χ1n) is 8.55. The van der Waals surface area contributed by atoms with Crippen molar-refractivity contribution in [2.45, 2.75) is 30.8 Å². The van der Waals surface area contributed by atoms with Crippen LogP contribution >= 0.6 is 0 Å². The van der Waals surface area contributed by atoms with Crippen LogP contribution < -0.4 is 10.9 Å². The number of aromatic nitrogens is 2. The molecule has 0 bridgehead atoms. The zero-order valence-corrected chi connectivity index (χ0v) is 13.7. The van der Waals surface area contributed by atoms with Gasteiger partial charge >= 0.3 is 0 Å². The summed E-state index contributed by atoms with van der Waals surface area (Å²) in [5.74, 6) is -0.342. The van der Waals surface area contributed by atoms with Crippen LogP contribution in [0, 0.1) is 5.82 Å². The van der Waals surface area contributed by atoms with Crippen molar-refractivity contribution in [3.63, 3.8) is 0 Å². The molecule has 3 heterocycles. The number of carbonyl (C=O) groups is 1. The van der Waals surface area contributed by atoms with E-state index in [0.29, 0.717) is 24.3 Å². The van der Waals surface area contributed by atoms with Crippen molar-refractivity contribution in [3.8, 4) is 0 Å². The number of hydrazine groups is 1. The van der Waals surface area contributed by atoms with E-state index in [2.05, 4.69) is 20.8 Å². The van der Waals surface area contributed by atoms with Gasteiger partial charge in [0, 0.05) is 43.5 Å². The molecule has 2 aliphatic heterocycles. The lowest BCUT2D eigenvalue weighted by atomic mass is 9.87. The Bertz CT molecular complexity index is 756. The van der Waals surface area contributed by atoms with Crippen LogP contribution in [0.1, 0.15) is 34.8 Å². The summed E-state index contributed by atoms with van der Waals surface area (Å²) in [7, 11) is 0. The Kier molecular flexibility index (Phi) is 4.42. The van der Waals surface area contributed by atoms with Crippen LogP contribution in [0.25, 0.3) is 0 Å². The third-order valence-corrected chi connectivity index (χ3v) is 5.09. The quantitative estimate of drug-likeness (QED) is 0.885. The second kappa shape index (κ2) is 6.85. The third-order valence-electron chi connectivity index (χ3n) is 5.09. The Morgan fingerprint density at radius 1 is 1.28 bits per heavy atom. The van der Waals surface area contributed by atoms with Gasteiger partial charge in [-0.25, -0.2) is 9.37 Å². The molecule has 4 rings (SSSR count). The minimum Gasteiger partial charge on any atom is -0.333 e. The van der Waals surface area contributed by atoms with Gasteiger partial charge in [0.1, 0.15) is 11.5 Å². The number of halogens is 1. The van der Waals surface area contributed by atoms with Gasteiger partial charge in [0.2, 0.25) is 0 Å². The molecule has 6 nitrogen and oxygen atoms in total. The van der Waals surface area contributed by atoms with Crippen molar-refractivity contribution in [3.05, 3.63) is 59.9 Å². The molecule has 0 spiro atoms. The van der Waals surface area contributed by atoms with E-state index in [0.717, 1.165) is 12.8 Å². The summed E-state index contributed by atoms with van der Waals surface area (Å²) in [5, 5.41) is 0. The SMILES string of the molecule is O=C(c1cnccn1)N1CCCC1C1NNCC1c1ccccc1F. The Labute approximate surface area is 145 Å². The number of carbonyl (C=O) groups excluding carboxylic acids is 1. The van der Waals surface area contributed by atoms with Gasteiger partial charge in [0.25, 0.3) is 5.91 Å². The molecule has 7 heteroatoms. The fourth-order valence-corrected chi connectivity index (χ4v) is 3.93. The molecule has 2 fully saturated rings. The first-order chi connectivity index (χ1) is 12.3. The van der Waals surface area contributed by atoms with Crippen LogP contribution in [0.5, 0.6) is 0 Å². The lowest BCUT2D eigenvalue weighted by Crippen LogP contribution is -2.50. The first kappa shape index (κ1) is 16.1. The number of benzene rings is 1. The topological polar surface area (TPSA) is 70.2 Å². The number of likely N-dealkylation sites (tertiary alicyclic amines) is 1. The summed E-state index contributed by atoms with van der Waals surface area (Å²) in [6, 6.07) is 6.82. The highest BCUT2D eigenvalue weighted by atomic mass is 19.1. The van der Waals surface area contributed by atoms with E-state index in [1.165, 1.54) is 18.5 Å². The highest BCUT2D eigenvalue weighted by molar-refractivity contribution is 5.92. The van der Waals surface area contributed by atoms with E-state index in [1.54, 1.807) is 12.3 Å². The molecule has 1 aromatic carbocycles. The highest BCUT2D eigenvalue weighted by Crippen LogP contribution is 2.32. The Morgan fingerprint density at radius 2 is 2.16 bits per heavy atom. The van der Waals surface area contributed by atoms with Crippen LogP contribution in [-0.4, -0.2) is 45.9 Å². The van der Waals surface area contributed by atoms with Crippen molar-refractivity contribution < 1.29 is 9.18 Å². The van der Waals surface area contributed by atoms with Gasteiger partial charge in [-0.1, -0.05) is 18.2 Å². The maximum absolute atomic E-state index is 14.3. The van der Waals surface area contributed by atoms with Crippen molar-refractivity contribution in [1.82, 2.24) is 25.7 Å². The fourth-order valence-electron chi connectivity index (χ4n) is 3.93. The molecule has 2 saturated heterocycles. The molecule has 2 aliphatic rings. The van der Waals surface area contributed by atoms with Gasteiger partial charge in [-0.3, -0.25) is 20.6 Å². The predicted octanol–water partition coefficient (Wildman–Crippen LogP) is 1.48. The lowest BCUT2D eigenvalue weighted by Gasteiger charge is -2.32. The van der Waals surface area contributed by atoms with E-state index in [4.69, 9.17) is 0 Å². The molecular formula is C18H20FN5O. The lowest BCUT2D eigenvalue weighted by molar-refractivity contribution is 0.0698. The van der Waals surface area contributed by atoms with Crippen LogP contribution in [0.4, 0.5) is 4.39 Å². The molecule has 0 saturated carbocycles. The molecule has 0 aliphatic carbocycles. The van der Waals surface area contributed by atoms with Gasteiger partial charge in [0.05, 0.1) is 6.20 Å². The maximum atomic E-state index is 14.3. The Balaban J connectivity index is 1.59. The number of amides is 1. The van der Waals surface area contributed by atoms with Gasteiger partial charge in [-0.05, 0) is 24.5 Å². The second-order valence-corrected chi connectivity index (χ2v) is 6.48. The van der Waals surface area contributed by atoms with E-state index in [1.807, 2.05) is 17.0 Å². The van der Waals surface area contributed by atoms with Gasteiger partial charge in [-0.2, -0.15) is 0 Å². The summed E-state index contributed by atoms with van der Waals surface area (Å²) in [5.41, 5.74) is 7.44. The maximum Gasteiger partial charge on any atom is 0.274 e. The highest BCUT2D eigenvalue weighted by Gasteiger charge is 2.42. The summed E-state index contributed by atoms with van der Waals surface area (Å²) in [6.07, 6.45) is 6.38. The fraction of sp³-hybridized carbons (Fsp3) is 0.389. The standard InChI is InChI=1S/C18H20FN5O/c19-14-5-2-1-4-12(14)13-10-22-23-17(13)16-6-3-9-24(16)18(25)15-11-20-7-8-21-15/h1-2,4-5,7-8,11,13,16-17,22-23H,3,6,9-10H2. The minimum atomic E-state index is -0.201. The van der Waals surface area contributed by atoms with Crippen LogP contribution in [0.15, 0.2) is 42.9 Å². The molecule has 130 valence electrons. The zero-order valence-electron chi connectivity index (χ0n) is 13.7. The zero-order chi connectivity index (χ0) is 17.2. The summed E-state index contributed by atoms with van der Waals surface area (Å²) in [6.45, 7) is 1.32. The van der Waals surface area contributed by atoms with Crippen molar-refractivity contribution in [1.29, 1.82) is 0 Å². The predicted molar refractivity (Wildman–Crippen MR) is 90.2 cm³/mol. The Morgan fingerprint density at radius 3 is 2.96 bits per heavy atom. The van der Waals surface area contributed by atoms with Crippen LogP contribution in [0.2, 0.25) is 0 Å². The summed E-state index contributed by atoms with van der Waals surface area (Å²) < 4.78 is 14.3. The Hall–Kier alpha value is -2.38. The van der Waals surface area contributed by atoms with Crippen LogP contribution in [0.3, 0.4) is 0 Å². The molecule has 2 N–H and O–H groups in total. The van der Waals surface area contributed by atoms with Crippen molar-refractivity contribution in [2.75, 3.05) is 13.1 Å². The molecular weight excluding hydrogens is 321 g/mol. The number of nitrogens with one attached hydrogen (secondary N) is 2. The summed E-state index contributed by atoms with van der Waals surface area (Å²) in [4.78, 5) is 22.8. The van der Waals surface area contributed by atoms with Crippen LogP contribution in [-0.2, 0) is 0 Å². The molecule has 0 radical (unpaired) electrons.